The number of para-hydroxylation sites is 1. The maximum Gasteiger partial charge on any atom is 0.335 e. The second-order valence-electron chi connectivity index (χ2n) is 6.44. The van der Waals surface area contributed by atoms with E-state index < -0.39 is 17.4 Å². The first-order valence-electron chi connectivity index (χ1n) is 8.17. The summed E-state index contributed by atoms with van der Waals surface area (Å²) in [6.07, 6.45) is 2.69. The number of nitrogens with one attached hydrogen (secondary N) is 1. The van der Waals surface area contributed by atoms with Crippen LogP contribution in [0.15, 0.2) is 36.7 Å². The number of hydrogen-bond donors (Lipinski definition) is 2. The van der Waals surface area contributed by atoms with Crippen LogP contribution >= 0.6 is 0 Å². The molecule has 8 heteroatoms. The monoisotopic (exact) mass is 353 g/mol. The molecule has 1 unspecified atom stereocenters. The van der Waals surface area contributed by atoms with Crippen LogP contribution in [0, 0.1) is 5.92 Å². The molecule has 0 spiro atoms. The van der Waals surface area contributed by atoms with Crippen molar-refractivity contribution in [1.82, 2.24) is 9.97 Å². The first-order valence-corrected chi connectivity index (χ1v) is 8.17. The topological polar surface area (TPSA) is 118 Å². The summed E-state index contributed by atoms with van der Waals surface area (Å²) < 4.78 is 5.27. The summed E-state index contributed by atoms with van der Waals surface area (Å²) in [7, 11) is 0. The van der Waals surface area contributed by atoms with Crippen LogP contribution in [0.5, 0.6) is 5.75 Å². The molecular weight excluding hydrogens is 338 g/mol. The minimum atomic E-state index is -1.99. The third-order valence-electron chi connectivity index (χ3n) is 4.65. The number of benzene rings is 1. The first-order chi connectivity index (χ1) is 12.5. The van der Waals surface area contributed by atoms with E-state index in [2.05, 4.69) is 15.3 Å². The van der Waals surface area contributed by atoms with Crippen LogP contribution in [-0.2, 0) is 26.2 Å². The zero-order valence-corrected chi connectivity index (χ0v) is 13.6. The molecule has 26 heavy (non-hydrogen) atoms. The molecule has 2 heterocycles. The van der Waals surface area contributed by atoms with Gasteiger partial charge in [-0.15, -0.1) is 0 Å². The van der Waals surface area contributed by atoms with Crippen LogP contribution < -0.4 is 10.1 Å². The van der Waals surface area contributed by atoms with Gasteiger partial charge in [0.2, 0.25) is 11.3 Å². The lowest BCUT2D eigenvalue weighted by Crippen LogP contribution is -2.51. The predicted octanol–water partition coefficient (Wildman–Crippen LogP) is 1.31. The molecule has 1 atom stereocenters. The van der Waals surface area contributed by atoms with Gasteiger partial charge < -0.3 is 15.2 Å². The summed E-state index contributed by atoms with van der Waals surface area (Å²) in [6.45, 7) is 0. The van der Waals surface area contributed by atoms with E-state index in [9.17, 15) is 19.5 Å². The molecule has 132 valence electrons. The van der Waals surface area contributed by atoms with Crippen LogP contribution in [0.1, 0.15) is 24.1 Å². The molecule has 0 radical (unpaired) electrons. The van der Waals surface area contributed by atoms with Gasteiger partial charge in [-0.2, -0.15) is 0 Å². The molecule has 1 saturated carbocycles. The van der Waals surface area contributed by atoms with Crippen molar-refractivity contribution in [1.29, 1.82) is 0 Å². The van der Waals surface area contributed by atoms with Gasteiger partial charge in [0.1, 0.15) is 17.9 Å². The lowest BCUT2D eigenvalue weighted by atomic mass is 9.76. The van der Waals surface area contributed by atoms with Crippen LogP contribution in [-0.4, -0.2) is 32.9 Å². The standard InChI is InChI=1S/C18H15N3O5/c22-15(10-5-6-10)21-14-7-13(19-9-20-14)18(16(23)24)8-11-3-1-2-4-12(11)26-17(18)25/h1-4,7,9-10H,5-6,8H2,(H,23,24)(H,19,20,21,22). The summed E-state index contributed by atoms with van der Waals surface area (Å²) in [6, 6.07) is 8.09. The normalized spacial score (nSPS) is 21.5. The van der Waals surface area contributed by atoms with Crippen LogP contribution in [0.3, 0.4) is 0 Å². The molecule has 2 aromatic rings. The number of carbonyl (C=O) groups is 3. The van der Waals surface area contributed by atoms with Crippen molar-refractivity contribution in [2.75, 3.05) is 5.32 Å². The van der Waals surface area contributed by atoms with Gasteiger partial charge in [0.15, 0.2) is 0 Å². The summed E-state index contributed by atoms with van der Waals surface area (Å²) in [5, 5.41) is 12.5. The highest BCUT2D eigenvalue weighted by Gasteiger charge is 2.54. The molecular formula is C18H15N3O5. The molecule has 1 aromatic carbocycles. The van der Waals surface area contributed by atoms with Crippen molar-refractivity contribution in [2.24, 2.45) is 5.92 Å². The average Bonchev–Trinajstić information content (AvgIpc) is 3.46. The zero-order valence-electron chi connectivity index (χ0n) is 13.6. The quantitative estimate of drug-likeness (QED) is 0.483. The summed E-state index contributed by atoms with van der Waals surface area (Å²) in [5.74, 6) is -1.98. The van der Waals surface area contributed by atoms with Crippen LogP contribution in [0.2, 0.25) is 0 Å². The summed E-state index contributed by atoms with van der Waals surface area (Å²) in [4.78, 5) is 44.6. The Kier molecular flexibility index (Phi) is 3.68. The van der Waals surface area contributed by atoms with E-state index in [1.807, 2.05) is 0 Å². The molecule has 1 aromatic heterocycles. The van der Waals surface area contributed by atoms with Crippen molar-refractivity contribution in [2.45, 2.75) is 24.7 Å². The molecule has 2 N–H and O–H groups in total. The number of rotatable bonds is 4. The number of fused-ring (bicyclic) bond motifs is 1. The second kappa shape index (κ2) is 5.91. The Morgan fingerprint density at radius 3 is 2.73 bits per heavy atom. The van der Waals surface area contributed by atoms with E-state index in [0.717, 1.165) is 19.2 Å². The van der Waals surface area contributed by atoms with E-state index in [4.69, 9.17) is 4.74 Å². The number of anilines is 1. The fourth-order valence-corrected chi connectivity index (χ4v) is 2.99. The van der Waals surface area contributed by atoms with Crippen molar-refractivity contribution < 1.29 is 24.2 Å². The highest BCUT2D eigenvalue weighted by molar-refractivity contribution is 6.07. The number of ether oxygens (including phenoxy) is 1. The molecule has 1 aliphatic carbocycles. The molecule has 1 fully saturated rings. The predicted molar refractivity (Wildman–Crippen MR) is 88.5 cm³/mol. The average molecular weight is 353 g/mol. The highest BCUT2D eigenvalue weighted by Crippen LogP contribution is 2.38. The van der Waals surface area contributed by atoms with Gasteiger partial charge in [-0.25, -0.2) is 14.8 Å². The molecule has 0 bridgehead atoms. The van der Waals surface area contributed by atoms with E-state index >= 15 is 0 Å². The SMILES string of the molecule is O=C(Nc1cc(C2(C(=O)O)Cc3ccccc3OC2=O)ncn1)C1CC1. The Bertz CT molecular complexity index is 925. The van der Waals surface area contributed by atoms with E-state index in [1.54, 1.807) is 24.3 Å². The maximum absolute atomic E-state index is 12.6. The largest absolute Gasteiger partial charge is 0.480 e. The van der Waals surface area contributed by atoms with Crippen molar-refractivity contribution in [3.8, 4) is 5.75 Å². The van der Waals surface area contributed by atoms with Gasteiger partial charge >= 0.3 is 11.9 Å². The van der Waals surface area contributed by atoms with E-state index in [0.29, 0.717) is 11.3 Å². The Morgan fingerprint density at radius 2 is 2.00 bits per heavy atom. The third-order valence-corrected chi connectivity index (χ3v) is 4.65. The lowest BCUT2D eigenvalue weighted by Gasteiger charge is -2.31. The molecule has 8 nitrogen and oxygen atoms in total. The van der Waals surface area contributed by atoms with E-state index in [1.165, 1.54) is 6.07 Å². The fraction of sp³-hybridized carbons (Fsp3) is 0.278. The minimum Gasteiger partial charge on any atom is -0.480 e. The molecule has 2 aliphatic rings. The van der Waals surface area contributed by atoms with Gasteiger partial charge in [-0.1, -0.05) is 18.2 Å². The Hall–Kier alpha value is -3.29. The Balaban J connectivity index is 1.74. The minimum absolute atomic E-state index is 0.0226. The number of amides is 1. The van der Waals surface area contributed by atoms with Gasteiger partial charge in [-0.3, -0.25) is 9.59 Å². The fourth-order valence-electron chi connectivity index (χ4n) is 2.99. The Labute approximate surface area is 148 Å². The zero-order chi connectivity index (χ0) is 18.3. The number of aliphatic carboxylic acids is 1. The lowest BCUT2D eigenvalue weighted by molar-refractivity contribution is -0.157. The smallest absolute Gasteiger partial charge is 0.335 e. The molecule has 0 saturated heterocycles. The van der Waals surface area contributed by atoms with Gasteiger partial charge in [0.05, 0.1) is 5.69 Å². The van der Waals surface area contributed by atoms with Crippen molar-refractivity contribution >= 4 is 23.7 Å². The van der Waals surface area contributed by atoms with E-state index in [-0.39, 0.29) is 29.8 Å². The number of esters is 1. The summed E-state index contributed by atoms with van der Waals surface area (Å²) in [5.41, 5.74) is -1.42. The maximum atomic E-state index is 12.6. The first kappa shape index (κ1) is 16.2. The molecule has 1 aliphatic heterocycles. The highest BCUT2D eigenvalue weighted by atomic mass is 16.5. The van der Waals surface area contributed by atoms with Gasteiger partial charge in [0, 0.05) is 18.4 Å². The Morgan fingerprint density at radius 1 is 1.23 bits per heavy atom. The number of carbonyl (C=O) groups excluding carboxylic acids is 2. The van der Waals surface area contributed by atoms with Gasteiger partial charge in [0.25, 0.3) is 0 Å². The van der Waals surface area contributed by atoms with Crippen molar-refractivity contribution in [3.63, 3.8) is 0 Å². The number of hydrogen-bond acceptors (Lipinski definition) is 6. The van der Waals surface area contributed by atoms with Crippen LogP contribution in [0.25, 0.3) is 0 Å². The third kappa shape index (κ3) is 2.59. The number of aromatic nitrogens is 2. The molecule has 4 rings (SSSR count). The number of nitrogens with zero attached hydrogens (tertiary/aromatic N) is 2. The van der Waals surface area contributed by atoms with Crippen molar-refractivity contribution in [3.05, 3.63) is 47.9 Å². The summed E-state index contributed by atoms with van der Waals surface area (Å²) >= 11 is 0. The molecule has 1 amide bonds. The second-order valence-corrected chi connectivity index (χ2v) is 6.44. The van der Waals surface area contributed by atoms with Gasteiger partial charge in [-0.05, 0) is 24.5 Å². The number of carboxylic acid groups (broad SMARTS) is 1. The number of carboxylic acids is 1. The van der Waals surface area contributed by atoms with Crippen LogP contribution in [0.4, 0.5) is 5.82 Å².